The summed E-state index contributed by atoms with van der Waals surface area (Å²) in [5.74, 6) is 1.42. The van der Waals surface area contributed by atoms with Gasteiger partial charge in [-0.05, 0) is 18.2 Å². The first-order valence-corrected chi connectivity index (χ1v) is 5.40. The van der Waals surface area contributed by atoms with Gasteiger partial charge in [0.15, 0.2) is 0 Å². The highest BCUT2D eigenvalue weighted by Crippen LogP contribution is 2.08. The van der Waals surface area contributed by atoms with Gasteiger partial charge in [0.25, 0.3) is 0 Å². The number of nitrogens with one attached hydrogen (secondary N) is 1. The van der Waals surface area contributed by atoms with Crippen LogP contribution in [0.2, 0.25) is 0 Å². The standard InChI is InChI=1S/C12H13N5O/c13-11-15-9-16-12(17-11)14-7-4-8-18-10-5-2-1-3-6-10/h1-6,8-9H,7H2,(H3,13,14,15,16,17). The molecule has 0 atom stereocenters. The van der Waals surface area contributed by atoms with E-state index in [1.165, 1.54) is 6.33 Å². The molecule has 1 heterocycles. The van der Waals surface area contributed by atoms with Crippen molar-refractivity contribution in [3.8, 4) is 5.75 Å². The van der Waals surface area contributed by atoms with Gasteiger partial charge < -0.3 is 15.8 Å². The van der Waals surface area contributed by atoms with Crippen LogP contribution in [-0.4, -0.2) is 21.5 Å². The van der Waals surface area contributed by atoms with E-state index in [0.29, 0.717) is 12.5 Å². The van der Waals surface area contributed by atoms with Crippen molar-refractivity contribution in [3.63, 3.8) is 0 Å². The molecule has 0 unspecified atom stereocenters. The largest absolute Gasteiger partial charge is 0.465 e. The molecule has 1 aromatic heterocycles. The van der Waals surface area contributed by atoms with Gasteiger partial charge in [0.2, 0.25) is 11.9 Å². The van der Waals surface area contributed by atoms with E-state index in [9.17, 15) is 0 Å². The Morgan fingerprint density at radius 3 is 2.83 bits per heavy atom. The Hall–Kier alpha value is -2.63. The molecular formula is C12H13N5O. The van der Waals surface area contributed by atoms with E-state index < -0.39 is 0 Å². The first-order chi connectivity index (χ1) is 8.84. The minimum Gasteiger partial charge on any atom is -0.465 e. The molecule has 1 aromatic carbocycles. The lowest BCUT2D eigenvalue weighted by molar-refractivity contribution is 0.480. The van der Waals surface area contributed by atoms with E-state index in [-0.39, 0.29) is 5.95 Å². The molecule has 0 aliphatic rings. The van der Waals surface area contributed by atoms with Crippen LogP contribution in [0.3, 0.4) is 0 Å². The molecule has 0 aliphatic carbocycles. The van der Waals surface area contributed by atoms with Crippen LogP contribution in [0.4, 0.5) is 11.9 Å². The van der Waals surface area contributed by atoms with E-state index in [2.05, 4.69) is 20.3 Å². The minimum absolute atomic E-state index is 0.192. The molecule has 6 nitrogen and oxygen atoms in total. The highest BCUT2D eigenvalue weighted by molar-refractivity contribution is 5.29. The number of nitrogens with zero attached hydrogens (tertiary/aromatic N) is 3. The molecule has 18 heavy (non-hydrogen) atoms. The van der Waals surface area contributed by atoms with E-state index in [1.54, 1.807) is 6.26 Å². The lowest BCUT2D eigenvalue weighted by atomic mass is 10.3. The predicted octanol–water partition coefficient (Wildman–Crippen LogP) is 1.46. The smallest absolute Gasteiger partial charge is 0.227 e. The maximum Gasteiger partial charge on any atom is 0.227 e. The van der Waals surface area contributed by atoms with Crippen molar-refractivity contribution < 1.29 is 4.74 Å². The normalized spacial score (nSPS) is 10.4. The number of benzene rings is 1. The average molecular weight is 243 g/mol. The Kier molecular flexibility index (Phi) is 4.07. The van der Waals surface area contributed by atoms with Gasteiger partial charge in [-0.2, -0.15) is 4.98 Å². The van der Waals surface area contributed by atoms with Crippen molar-refractivity contribution in [1.29, 1.82) is 0 Å². The van der Waals surface area contributed by atoms with E-state index in [0.717, 1.165) is 5.75 Å². The van der Waals surface area contributed by atoms with Crippen molar-refractivity contribution in [3.05, 3.63) is 49.0 Å². The summed E-state index contributed by atoms with van der Waals surface area (Å²) in [7, 11) is 0. The van der Waals surface area contributed by atoms with Crippen LogP contribution in [0.15, 0.2) is 49.0 Å². The van der Waals surface area contributed by atoms with Gasteiger partial charge in [-0.25, -0.2) is 9.97 Å². The zero-order valence-electron chi connectivity index (χ0n) is 9.65. The molecule has 3 N–H and O–H groups in total. The second-order valence-electron chi connectivity index (χ2n) is 3.35. The fourth-order valence-electron chi connectivity index (χ4n) is 1.22. The second-order valence-corrected chi connectivity index (χ2v) is 3.35. The monoisotopic (exact) mass is 243 g/mol. The van der Waals surface area contributed by atoms with Crippen molar-refractivity contribution in [1.82, 2.24) is 15.0 Å². The Bertz CT molecular complexity index is 515. The third kappa shape index (κ3) is 3.75. The first kappa shape index (κ1) is 11.8. The Labute approximate surface area is 105 Å². The average Bonchev–Trinajstić information content (AvgIpc) is 2.40. The number of nitrogens with two attached hydrogens (primary N) is 1. The summed E-state index contributed by atoms with van der Waals surface area (Å²) in [6.45, 7) is 0.538. The van der Waals surface area contributed by atoms with Gasteiger partial charge in [0.05, 0.1) is 6.26 Å². The summed E-state index contributed by atoms with van der Waals surface area (Å²) in [4.78, 5) is 11.5. The minimum atomic E-state index is 0.192. The third-order valence-corrected chi connectivity index (χ3v) is 2.01. The van der Waals surface area contributed by atoms with Crippen LogP contribution in [0.1, 0.15) is 0 Å². The first-order valence-electron chi connectivity index (χ1n) is 5.40. The molecular weight excluding hydrogens is 230 g/mol. The SMILES string of the molecule is Nc1ncnc(NCC=COc2ccccc2)n1. The topological polar surface area (TPSA) is 86.0 Å². The van der Waals surface area contributed by atoms with Gasteiger partial charge in [-0.15, -0.1) is 0 Å². The number of ether oxygens (including phenoxy) is 1. The number of aromatic nitrogens is 3. The quantitative estimate of drug-likeness (QED) is 0.773. The summed E-state index contributed by atoms with van der Waals surface area (Å²) >= 11 is 0. The number of hydrogen-bond donors (Lipinski definition) is 2. The number of para-hydroxylation sites is 1. The molecule has 6 heteroatoms. The number of anilines is 2. The van der Waals surface area contributed by atoms with E-state index in [4.69, 9.17) is 10.5 Å². The molecule has 0 amide bonds. The Morgan fingerprint density at radius 1 is 1.22 bits per heavy atom. The van der Waals surface area contributed by atoms with Crippen molar-refractivity contribution >= 4 is 11.9 Å². The summed E-state index contributed by atoms with van der Waals surface area (Å²) in [6, 6.07) is 9.52. The van der Waals surface area contributed by atoms with Gasteiger partial charge >= 0.3 is 0 Å². The van der Waals surface area contributed by atoms with Crippen molar-refractivity contribution in [2.45, 2.75) is 0 Å². The summed E-state index contributed by atoms with van der Waals surface area (Å²) in [6.07, 6.45) is 4.77. The summed E-state index contributed by atoms with van der Waals surface area (Å²) < 4.78 is 5.37. The number of hydrogen-bond acceptors (Lipinski definition) is 6. The fourth-order valence-corrected chi connectivity index (χ4v) is 1.22. The van der Waals surface area contributed by atoms with Crippen LogP contribution in [-0.2, 0) is 0 Å². The Balaban J connectivity index is 1.75. The predicted molar refractivity (Wildman–Crippen MR) is 68.9 cm³/mol. The Morgan fingerprint density at radius 2 is 2.06 bits per heavy atom. The van der Waals surface area contributed by atoms with Gasteiger partial charge in [0, 0.05) is 6.54 Å². The van der Waals surface area contributed by atoms with Crippen LogP contribution in [0.25, 0.3) is 0 Å². The van der Waals surface area contributed by atoms with Gasteiger partial charge in [-0.3, -0.25) is 0 Å². The molecule has 0 spiro atoms. The molecule has 0 fully saturated rings. The molecule has 0 radical (unpaired) electrons. The van der Waals surface area contributed by atoms with Crippen LogP contribution in [0, 0.1) is 0 Å². The lowest BCUT2D eigenvalue weighted by Gasteiger charge is -2.01. The highest BCUT2D eigenvalue weighted by atomic mass is 16.5. The summed E-state index contributed by atoms with van der Waals surface area (Å²) in [5, 5.41) is 2.96. The molecule has 0 bridgehead atoms. The zero-order valence-corrected chi connectivity index (χ0v) is 9.65. The molecule has 0 saturated carbocycles. The molecule has 92 valence electrons. The van der Waals surface area contributed by atoms with Gasteiger partial charge in [-0.1, -0.05) is 18.2 Å². The molecule has 0 aliphatic heterocycles. The van der Waals surface area contributed by atoms with Crippen LogP contribution >= 0.6 is 0 Å². The number of rotatable bonds is 5. The highest BCUT2D eigenvalue weighted by Gasteiger charge is 1.93. The van der Waals surface area contributed by atoms with E-state index >= 15 is 0 Å². The fraction of sp³-hybridized carbons (Fsp3) is 0.0833. The van der Waals surface area contributed by atoms with Crippen molar-refractivity contribution in [2.24, 2.45) is 0 Å². The molecule has 0 saturated heterocycles. The van der Waals surface area contributed by atoms with Crippen LogP contribution in [0.5, 0.6) is 5.75 Å². The van der Waals surface area contributed by atoms with Crippen LogP contribution < -0.4 is 15.8 Å². The third-order valence-electron chi connectivity index (χ3n) is 2.01. The van der Waals surface area contributed by atoms with Gasteiger partial charge in [0.1, 0.15) is 12.1 Å². The zero-order chi connectivity index (χ0) is 12.6. The lowest BCUT2D eigenvalue weighted by Crippen LogP contribution is -2.06. The maximum atomic E-state index is 5.42. The number of nitrogen functional groups attached to an aromatic ring is 1. The van der Waals surface area contributed by atoms with Crippen molar-refractivity contribution in [2.75, 3.05) is 17.6 Å². The second kappa shape index (κ2) is 6.19. The molecule has 2 aromatic rings. The molecule has 2 rings (SSSR count). The maximum absolute atomic E-state index is 5.42. The van der Waals surface area contributed by atoms with E-state index in [1.807, 2.05) is 36.4 Å². The summed E-state index contributed by atoms with van der Waals surface area (Å²) in [5.41, 5.74) is 5.42.